The van der Waals surface area contributed by atoms with Gasteiger partial charge in [-0.2, -0.15) is 0 Å². The number of pyridine rings is 1. The van der Waals surface area contributed by atoms with Crippen LogP contribution in [-0.2, 0) is 11.9 Å². The molecule has 0 N–H and O–H groups in total. The standard InChI is InChI=1S/C14H13BrClNO2/c1-18-14-4-2-3-12(17-14)9-19-13-6-5-11(16)7-10(13)8-15/h2-7H,8-9H2,1H3. The van der Waals surface area contributed by atoms with Crippen LogP contribution in [0.15, 0.2) is 36.4 Å². The van der Waals surface area contributed by atoms with E-state index in [-0.39, 0.29) is 0 Å². The van der Waals surface area contributed by atoms with Crippen molar-refractivity contribution in [1.82, 2.24) is 4.98 Å². The summed E-state index contributed by atoms with van der Waals surface area (Å²) in [5.41, 5.74) is 1.82. The van der Waals surface area contributed by atoms with E-state index in [1.54, 1.807) is 13.2 Å². The SMILES string of the molecule is COc1cccc(COc2ccc(Cl)cc2CBr)n1. The number of hydrogen-bond donors (Lipinski definition) is 0. The highest BCUT2D eigenvalue weighted by molar-refractivity contribution is 9.08. The fourth-order valence-corrected chi connectivity index (χ4v) is 2.23. The Kier molecular flexibility index (Phi) is 5.05. The number of methoxy groups -OCH3 is 1. The van der Waals surface area contributed by atoms with Gasteiger partial charge in [-0.1, -0.05) is 33.6 Å². The molecular weight excluding hydrogens is 330 g/mol. The van der Waals surface area contributed by atoms with E-state index in [0.717, 1.165) is 17.0 Å². The normalized spacial score (nSPS) is 10.3. The Hall–Kier alpha value is -1.26. The minimum absolute atomic E-state index is 0.388. The molecule has 0 saturated heterocycles. The summed E-state index contributed by atoms with van der Waals surface area (Å²) in [6, 6.07) is 11.1. The Labute approximate surface area is 125 Å². The second-order valence-corrected chi connectivity index (χ2v) is 4.84. The quantitative estimate of drug-likeness (QED) is 0.763. The summed E-state index contributed by atoms with van der Waals surface area (Å²) in [4.78, 5) is 4.29. The molecule has 0 aliphatic heterocycles. The van der Waals surface area contributed by atoms with E-state index >= 15 is 0 Å². The van der Waals surface area contributed by atoms with Gasteiger partial charge in [0.15, 0.2) is 0 Å². The number of aromatic nitrogens is 1. The zero-order valence-corrected chi connectivity index (χ0v) is 12.7. The molecule has 0 spiro atoms. The smallest absolute Gasteiger partial charge is 0.213 e. The van der Waals surface area contributed by atoms with Crippen molar-refractivity contribution in [2.45, 2.75) is 11.9 Å². The Morgan fingerprint density at radius 1 is 1.26 bits per heavy atom. The molecule has 0 unspecified atom stereocenters. The van der Waals surface area contributed by atoms with Gasteiger partial charge in [0.25, 0.3) is 0 Å². The van der Waals surface area contributed by atoms with Gasteiger partial charge in [-0.25, -0.2) is 4.98 Å². The number of ether oxygens (including phenoxy) is 2. The maximum Gasteiger partial charge on any atom is 0.213 e. The first-order valence-electron chi connectivity index (χ1n) is 5.70. The molecule has 0 bridgehead atoms. The van der Waals surface area contributed by atoms with E-state index in [4.69, 9.17) is 21.1 Å². The van der Waals surface area contributed by atoms with Crippen LogP contribution in [0.4, 0.5) is 0 Å². The number of benzene rings is 1. The van der Waals surface area contributed by atoms with Crippen molar-refractivity contribution in [3.8, 4) is 11.6 Å². The topological polar surface area (TPSA) is 31.4 Å². The maximum absolute atomic E-state index is 5.95. The highest BCUT2D eigenvalue weighted by atomic mass is 79.9. The van der Waals surface area contributed by atoms with E-state index < -0.39 is 0 Å². The molecule has 0 aliphatic carbocycles. The van der Waals surface area contributed by atoms with Crippen LogP contribution in [0, 0.1) is 0 Å². The van der Waals surface area contributed by atoms with Crippen LogP contribution >= 0.6 is 27.5 Å². The van der Waals surface area contributed by atoms with Gasteiger partial charge in [0.1, 0.15) is 12.4 Å². The van der Waals surface area contributed by atoms with Crippen molar-refractivity contribution < 1.29 is 9.47 Å². The number of rotatable bonds is 5. The van der Waals surface area contributed by atoms with E-state index in [1.165, 1.54) is 0 Å². The molecule has 0 saturated carbocycles. The van der Waals surface area contributed by atoms with Gasteiger partial charge >= 0.3 is 0 Å². The lowest BCUT2D eigenvalue weighted by molar-refractivity contribution is 0.296. The van der Waals surface area contributed by atoms with E-state index in [2.05, 4.69) is 20.9 Å². The van der Waals surface area contributed by atoms with Gasteiger partial charge in [-0.05, 0) is 24.3 Å². The Bertz CT molecular complexity index is 563. The van der Waals surface area contributed by atoms with Crippen LogP contribution < -0.4 is 9.47 Å². The molecule has 2 rings (SSSR count). The summed E-state index contributed by atoms with van der Waals surface area (Å²) < 4.78 is 10.8. The molecule has 19 heavy (non-hydrogen) atoms. The van der Waals surface area contributed by atoms with Gasteiger partial charge < -0.3 is 9.47 Å². The first-order chi connectivity index (χ1) is 9.22. The minimum Gasteiger partial charge on any atom is -0.487 e. The van der Waals surface area contributed by atoms with Crippen molar-refractivity contribution in [1.29, 1.82) is 0 Å². The summed E-state index contributed by atoms with van der Waals surface area (Å²) >= 11 is 9.36. The summed E-state index contributed by atoms with van der Waals surface area (Å²) in [6.45, 7) is 0.388. The molecule has 1 aromatic carbocycles. The van der Waals surface area contributed by atoms with Crippen molar-refractivity contribution in [2.24, 2.45) is 0 Å². The summed E-state index contributed by atoms with van der Waals surface area (Å²) in [7, 11) is 1.59. The molecule has 2 aromatic rings. The van der Waals surface area contributed by atoms with Gasteiger partial charge in [-0.3, -0.25) is 0 Å². The molecular formula is C14H13BrClNO2. The van der Waals surface area contributed by atoms with Crippen LogP contribution in [0.5, 0.6) is 11.6 Å². The van der Waals surface area contributed by atoms with E-state index in [1.807, 2.05) is 30.3 Å². The second-order valence-electron chi connectivity index (χ2n) is 3.85. The molecule has 0 radical (unpaired) electrons. The van der Waals surface area contributed by atoms with Crippen LogP contribution in [0.2, 0.25) is 5.02 Å². The fraction of sp³-hybridized carbons (Fsp3) is 0.214. The van der Waals surface area contributed by atoms with Crippen LogP contribution in [0.1, 0.15) is 11.3 Å². The Balaban J connectivity index is 2.09. The lowest BCUT2D eigenvalue weighted by Gasteiger charge is -2.10. The monoisotopic (exact) mass is 341 g/mol. The fourth-order valence-electron chi connectivity index (χ4n) is 1.60. The molecule has 5 heteroatoms. The first kappa shape index (κ1) is 14.2. The minimum atomic E-state index is 0.388. The van der Waals surface area contributed by atoms with Crippen LogP contribution in [0.3, 0.4) is 0 Å². The van der Waals surface area contributed by atoms with Crippen LogP contribution in [0.25, 0.3) is 0 Å². The van der Waals surface area contributed by atoms with E-state index in [9.17, 15) is 0 Å². The maximum atomic E-state index is 5.95. The third kappa shape index (κ3) is 3.85. The zero-order chi connectivity index (χ0) is 13.7. The van der Waals surface area contributed by atoms with Crippen molar-refractivity contribution >= 4 is 27.5 Å². The molecule has 1 aromatic heterocycles. The molecule has 0 aliphatic rings. The Morgan fingerprint density at radius 2 is 2.11 bits per heavy atom. The molecule has 0 amide bonds. The van der Waals surface area contributed by atoms with Gasteiger partial charge in [0.2, 0.25) is 5.88 Å². The highest BCUT2D eigenvalue weighted by Crippen LogP contribution is 2.25. The second kappa shape index (κ2) is 6.78. The molecule has 1 heterocycles. The van der Waals surface area contributed by atoms with Crippen molar-refractivity contribution in [3.63, 3.8) is 0 Å². The number of nitrogens with zero attached hydrogens (tertiary/aromatic N) is 1. The van der Waals surface area contributed by atoms with Crippen molar-refractivity contribution in [2.75, 3.05) is 7.11 Å². The first-order valence-corrected chi connectivity index (χ1v) is 7.20. The number of hydrogen-bond acceptors (Lipinski definition) is 3. The van der Waals surface area contributed by atoms with Crippen LogP contribution in [-0.4, -0.2) is 12.1 Å². The zero-order valence-electron chi connectivity index (χ0n) is 10.4. The lowest BCUT2D eigenvalue weighted by Crippen LogP contribution is -2.01. The molecule has 0 atom stereocenters. The van der Waals surface area contributed by atoms with Gasteiger partial charge in [0, 0.05) is 22.0 Å². The summed E-state index contributed by atoms with van der Waals surface area (Å²) in [5.74, 6) is 1.38. The molecule has 0 fully saturated rings. The molecule has 3 nitrogen and oxygen atoms in total. The summed E-state index contributed by atoms with van der Waals surface area (Å²) in [5, 5.41) is 1.38. The third-order valence-electron chi connectivity index (χ3n) is 2.53. The third-order valence-corrected chi connectivity index (χ3v) is 3.37. The number of alkyl halides is 1. The average Bonchev–Trinajstić information content (AvgIpc) is 2.46. The van der Waals surface area contributed by atoms with Gasteiger partial charge in [-0.15, -0.1) is 0 Å². The summed E-state index contributed by atoms with van der Waals surface area (Å²) in [6.07, 6.45) is 0. The average molecular weight is 343 g/mol. The Morgan fingerprint density at radius 3 is 2.84 bits per heavy atom. The highest BCUT2D eigenvalue weighted by Gasteiger charge is 2.05. The molecule has 100 valence electrons. The number of halogens is 2. The predicted molar refractivity (Wildman–Crippen MR) is 79.2 cm³/mol. The largest absolute Gasteiger partial charge is 0.487 e. The predicted octanol–water partition coefficient (Wildman–Crippen LogP) is 4.22. The lowest BCUT2D eigenvalue weighted by atomic mass is 10.2. The van der Waals surface area contributed by atoms with E-state index in [0.29, 0.717) is 22.8 Å². The van der Waals surface area contributed by atoms with Crippen molar-refractivity contribution in [3.05, 3.63) is 52.7 Å². The van der Waals surface area contributed by atoms with Gasteiger partial charge in [0.05, 0.1) is 12.8 Å².